The summed E-state index contributed by atoms with van der Waals surface area (Å²) in [7, 11) is -1.36. The summed E-state index contributed by atoms with van der Waals surface area (Å²) in [5.41, 5.74) is 6.79. The first-order valence-electron chi connectivity index (χ1n) is 5.74. The first kappa shape index (κ1) is 14.7. The van der Waals surface area contributed by atoms with Crippen LogP contribution in [-0.4, -0.2) is 21.4 Å². The van der Waals surface area contributed by atoms with E-state index in [1.54, 1.807) is 12.1 Å². The maximum atomic E-state index is 12.1. The Morgan fingerprint density at radius 2 is 2.00 bits per heavy atom. The minimum atomic E-state index is -1.36. The van der Waals surface area contributed by atoms with Gasteiger partial charge in [0.1, 0.15) is 5.75 Å². The van der Waals surface area contributed by atoms with Gasteiger partial charge in [0.2, 0.25) is 5.91 Å². The summed E-state index contributed by atoms with van der Waals surface area (Å²) < 4.78 is 12.1. The van der Waals surface area contributed by atoms with Crippen molar-refractivity contribution >= 4 is 22.4 Å². The van der Waals surface area contributed by atoms with Gasteiger partial charge in [0.25, 0.3) is 0 Å². The second kappa shape index (κ2) is 5.52. The van der Waals surface area contributed by atoms with Gasteiger partial charge in [-0.05, 0) is 45.4 Å². The first-order valence-corrected chi connectivity index (χ1v) is 7.06. The third-order valence-corrected chi connectivity index (χ3v) is 3.69. The number of nitrogen functional groups attached to an aromatic ring is 1. The lowest BCUT2D eigenvalue weighted by atomic mass is 10.1. The quantitative estimate of drug-likeness (QED) is 0.818. The molecule has 1 unspecified atom stereocenters. The van der Waals surface area contributed by atoms with Gasteiger partial charge in [-0.1, -0.05) is 6.07 Å². The maximum Gasteiger partial charge on any atom is 0.233 e. The molecule has 0 bridgehead atoms. The molecule has 100 valence electrons. The number of anilines is 1. The molecule has 18 heavy (non-hydrogen) atoms. The second-order valence-corrected chi connectivity index (χ2v) is 6.73. The molecule has 3 N–H and O–H groups in total. The fraction of sp³-hybridized carbons (Fsp3) is 0.462. The number of carbonyl (C=O) groups excluding carboxylic acids is 1. The van der Waals surface area contributed by atoms with Crippen molar-refractivity contribution in [3.05, 3.63) is 23.8 Å². The molecule has 1 aromatic carbocycles. The van der Waals surface area contributed by atoms with Crippen molar-refractivity contribution in [2.45, 2.75) is 38.1 Å². The summed E-state index contributed by atoms with van der Waals surface area (Å²) >= 11 is 0. The van der Waals surface area contributed by atoms with Crippen LogP contribution in [0.2, 0.25) is 0 Å². The topological polar surface area (TPSA) is 72.2 Å². The zero-order valence-corrected chi connectivity index (χ0v) is 12.1. The van der Waals surface area contributed by atoms with Crippen LogP contribution in [-0.2, 0) is 15.6 Å². The molecule has 0 aromatic heterocycles. The number of benzene rings is 1. The summed E-state index contributed by atoms with van der Waals surface area (Å²) in [6, 6.07) is 5.23. The van der Waals surface area contributed by atoms with Crippen molar-refractivity contribution in [3.63, 3.8) is 0 Å². The molecule has 1 amide bonds. The van der Waals surface area contributed by atoms with E-state index in [2.05, 4.69) is 5.32 Å². The molecule has 0 radical (unpaired) electrons. The molecule has 1 aromatic rings. The number of aryl methyl sites for hydroxylation is 1. The van der Waals surface area contributed by atoms with E-state index in [-0.39, 0.29) is 17.2 Å². The zero-order chi connectivity index (χ0) is 13.9. The van der Waals surface area contributed by atoms with Gasteiger partial charge in [-0.15, -0.1) is 0 Å². The van der Waals surface area contributed by atoms with Gasteiger partial charge >= 0.3 is 0 Å². The zero-order valence-electron chi connectivity index (χ0n) is 11.2. The van der Waals surface area contributed by atoms with Gasteiger partial charge in [0.15, 0.2) is 0 Å². The SMILES string of the molecule is Cc1ccc(N)cc1S(=O)CC(=O)NC(C)(C)C. The van der Waals surface area contributed by atoms with Crippen molar-refractivity contribution < 1.29 is 9.00 Å². The molecule has 0 heterocycles. The summed E-state index contributed by atoms with van der Waals surface area (Å²) in [4.78, 5) is 12.3. The molecule has 4 nitrogen and oxygen atoms in total. The maximum absolute atomic E-state index is 12.1. The summed E-state index contributed by atoms with van der Waals surface area (Å²) in [5.74, 6) is -0.260. The van der Waals surface area contributed by atoms with E-state index in [0.717, 1.165) is 5.56 Å². The van der Waals surface area contributed by atoms with Crippen LogP contribution in [0.15, 0.2) is 23.1 Å². The molecular formula is C13H20N2O2S. The number of nitrogens with one attached hydrogen (secondary N) is 1. The summed E-state index contributed by atoms with van der Waals surface area (Å²) in [6.07, 6.45) is 0. The van der Waals surface area contributed by atoms with Crippen LogP contribution in [0.3, 0.4) is 0 Å². The smallest absolute Gasteiger partial charge is 0.233 e. The van der Waals surface area contributed by atoms with Crippen molar-refractivity contribution in [2.24, 2.45) is 0 Å². The molecule has 0 saturated heterocycles. The largest absolute Gasteiger partial charge is 0.399 e. The third-order valence-electron chi connectivity index (χ3n) is 2.23. The molecule has 0 spiro atoms. The van der Waals surface area contributed by atoms with Crippen LogP contribution in [0, 0.1) is 6.92 Å². The predicted molar refractivity (Wildman–Crippen MR) is 74.8 cm³/mol. The van der Waals surface area contributed by atoms with Gasteiger partial charge in [0.05, 0.1) is 10.8 Å². The molecule has 1 rings (SSSR count). The van der Waals surface area contributed by atoms with E-state index in [9.17, 15) is 9.00 Å². The Morgan fingerprint density at radius 1 is 1.39 bits per heavy atom. The Balaban J connectivity index is 2.77. The third kappa shape index (κ3) is 4.49. The van der Waals surface area contributed by atoms with E-state index in [1.165, 1.54) is 0 Å². The summed E-state index contributed by atoms with van der Waals surface area (Å²) in [5, 5.41) is 2.79. The molecule has 0 aliphatic carbocycles. The lowest BCUT2D eigenvalue weighted by Crippen LogP contribution is -2.42. The average molecular weight is 268 g/mol. The van der Waals surface area contributed by atoms with Crippen LogP contribution in [0.5, 0.6) is 0 Å². The minimum absolute atomic E-state index is 0.0401. The molecule has 0 saturated carbocycles. The van der Waals surface area contributed by atoms with E-state index >= 15 is 0 Å². The van der Waals surface area contributed by atoms with E-state index in [1.807, 2.05) is 33.8 Å². The average Bonchev–Trinajstić information content (AvgIpc) is 2.18. The van der Waals surface area contributed by atoms with Crippen molar-refractivity contribution in [2.75, 3.05) is 11.5 Å². The highest BCUT2D eigenvalue weighted by Gasteiger charge is 2.17. The number of hydrogen-bond acceptors (Lipinski definition) is 3. The number of hydrogen-bond donors (Lipinski definition) is 2. The number of rotatable bonds is 3. The Labute approximate surface area is 110 Å². The molecule has 1 atom stereocenters. The fourth-order valence-electron chi connectivity index (χ4n) is 1.51. The fourth-order valence-corrected chi connectivity index (χ4v) is 2.67. The Hall–Kier alpha value is -1.36. The lowest BCUT2D eigenvalue weighted by molar-refractivity contribution is -0.119. The van der Waals surface area contributed by atoms with Crippen LogP contribution in [0.4, 0.5) is 5.69 Å². The van der Waals surface area contributed by atoms with Crippen molar-refractivity contribution in [3.8, 4) is 0 Å². The van der Waals surface area contributed by atoms with E-state index in [0.29, 0.717) is 10.6 Å². The van der Waals surface area contributed by atoms with Gasteiger partial charge in [0, 0.05) is 16.1 Å². The normalized spacial score (nSPS) is 13.1. The van der Waals surface area contributed by atoms with E-state index < -0.39 is 10.8 Å². The number of carbonyl (C=O) groups is 1. The molecule has 0 aliphatic heterocycles. The van der Waals surface area contributed by atoms with Crippen molar-refractivity contribution in [1.29, 1.82) is 0 Å². The highest BCUT2D eigenvalue weighted by atomic mass is 32.2. The predicted octanol–water partition coefficient (Wildman–Crippen LogP) is 1.60. The number of amides is 1. The standard InChI is InChI=1S/C13H20N2O2S/c1-9-5-6-10(14)7-11(9)18(17)8-12(16)15-13(2,3)4/h5-7H,8,14H2,1-4H3,(H,15,16). The highest BCUT2D eigenvalue weighted by Crippen LogP contribution is 2.17. The Kier molecular flexibility index (Phi) is 4.51. The Morgan fingerprint density at radius 3 is 2.56 bits per heavy atom. The van der Waals surface area contributed by atoms with Crippen molar-refractivity contribution in [1.82, 2.24) is 5.32 Å². The van der Waals surface area contributed by atoms with Crippen LogP contribution >= 0.6 is 0 Å². The molecule has 0 fully saturated rings. The Bertz CT molecular complexity index is 478. The van der Waals surface area contributed by atoms with Crippen LogP contribution < -0.4 is 11.1 Å². The monoisotopic (exact) mass is 268 g/mol. The first-order chi connectivity index (χ1) is 8.19. The van der Waals surface area contributed by atoms with Gasteiger partial charge in [-0.25, -0.2) is 0 Å². The van der Waals surface area contributed by atoms with E-state index in [4.69, 9.17) is 5.73 Å². The van der Waals surface area contributed by atoms with Crippen LogP contribution in [0.25, 0.3) is 0 Å². The molecule has 5 heteroatoms. The van der Waals surface area contributed by atoms with Crippen LogP contribution in [0.1, 0.15) is 26.3 Å². The van der Waals surface area contributed by atoms with Gasteiger partial charge in [-0.3, -0.25) is 9.00 Å². The van der Waals surface area contributed by atoms with Gasteiger partial charge in [-0.2, -0.15) is 0 Å². The minimum Gasteiger partial charge on any atom is -0.399 e. The molecule has 0 aliphatic rings. The lowest BCUT2D eigenvalue weighted by Gasteiger charge is -2.20. The summed E-state index contributed by atoms with van der Waals surface area (Å²) in [6.45, 7) is 7.52. The molecular weight excluding hydrogens is 248 g/mol. The highest BCUT2D eigenvalue weighted by molar-refractivity contribution is 7.85. The second-order valence-electron chi connectivity index (χ2n) is 5.31. The van der Waals surface area contributed by atoms with Gasteiger partial charge < -0.3 is 11.1 Å². The number of nitrogens with two attached hydrogens (primary N) is 1.